The zero-order chi connectivity index (χ0) is 13.7. The number of benzene rings is 1. The Hall–Kier alpha value is -0.900. The predicted octanol–water partition coefficient (Wildman–Crippen LogP) is 2.22. The molecule has 1 N–H and O–H groups in total. The zero-order valence-corrected chi connectivity index (χ0v) is 12.4. The molecule has 0 amide bonds. The van der Waals surface area contributed by atoms with Gasteiger partial charge < -0.3 is 15.0 Å². The van der Waals surface area contributed by atoms with Crippen LogP contribution in [0.1, 0.15) is 23.6 Å². The van der Waals surface area contributed by atoms with Gasteiger partial charge in [-0.05, 0) is 44.0 Å². The molecule has 2 unspecified atom stereocenters. The van der Waals surface area contributed by atoms with E-state index in [4.69, 9.17) is 4.74 Å². The molecule has 1 heterocycles. The van der Waals surface area contributed by atoms with Gasteiger partial charge in [0.25, 0.3) is 0 Å². The highest BCUT2D eigenvalue weighted by molar-refractivity contribution is 5.29. The Morgan fingerprint density at radius 1 is 1.42 bits per heavy atom. The first kappa shape index (κ1) is 14.5. The highest BCUT2D eigenvalue weighted by Gasteiger charge is 2.24. The van der Waals surface area contributed by atoms with Gasteiger partial charge in [-0.3, -0.25) is 0 Å². The summed E-state index contributed by atoms with van der Waals surface area (Å²) in [6.45, 7) is 6.53. The normalized spacial score (nSPS) is 21.7. The number of aryl methyl sites for hydroxylation is 1. The monoisotopic (exact) mass is 262 g/mol. The SMILES string of the molecule is CNC(CN1CCC(COC)C1)c1ccccc1C. The van der Waals surface area contributed by atoms with Crippen molar-refractivity contribution < 1.29 is 4.74 Å². The number of rotatable bonds is 6. The fraction of sp³-hybridized carbons (Fsp3) is 0.625. The molecule has 3 nitrogen and oxygen atoms in total. The standard InChI is InChI=1S/C16H26N2O/c1-13-6-4-5-7-15(13)16(17-2)11-18-9-8-14(10-18)12-19-3/h4-7,14,16-17H,8-12H2,1-3H3. The summed E-state index contributed by atoms with van der Waals surface area (Å²) in [7, 11) is 3.85. The maximum absolute atomic E-state index is 5.27. The summed E-state index contributed by atoms with van der Waals surface area (Å²) in [5.74, 6) is 0.708. The smallest absolute Gasteiger partial charge is 0.0503 e. The second-order valence-electron chi connectivity index (χ2n) is 5.57. The van der Waals surface area contributed by atoms with Crippen molar-refractivity contribution in [3.63, 3.8) is 0 Å². The van der Waals surface area contributed by atoms with Crippen molar-refractivity contribution in [2.45, 2.75) is 19.4 Å². The van der Waals surface area contributed by atoms with Crippen LogP contribution in [0.15, 0.2) is 24.3 Å². The molecule has 1 aromatic carbocycles. The quantitative estimate of drug-likeness (QED) is 0.851. The molecule has 1 aliphatic rings. The van der Waals surface area contributed by atoms with Crippen molar-refractivity contribution in [2.75, 3.05) is 40.4 Å². The van der Waals surface area contributed by atoms with E-state index in [1.165, 1.54) is 24.1 Å². The maximum atomic E-state index is 5.27. The van der Waals surface area contributed by atoms with Crippen molar-refractivity contribution in [3.05, 3.63) is 35.4 Å². The molecule has 0 bridgehead atoms. The van der Waals surface area contributed by atoms with E-state index in [9.17, 15) is 0 Å². The molecule has 0 aromatic heterocycles. The Morgan fingerprint density at radius 3 is 2.89 bits per heavy atom. The summed E-state index contributed by atoms with van der Waals surface area (Å²) < 4.78 is 5.27. The minimum Gasteiger partial charge on any atom is -0.384 e. The van der Waals surface area contributed by atoms with E-state index in [-0.39, 0.29) is 0 Å². The van der Waals surface area contributed by atoms with Gasteiger partial charge >= 0.3 is 0 Å². The summed E-state index contributed by atoms with van der Waals surface area (Å²) in [6, 6.07) is 9.08. The van der Waals surface area contributed by atoms with Gasteiger partial charge in [0, 0.05) is 26.2 Å². The fourth-order valence-electron chi connectivity index (χ4n) is 3.03. The van der Waals surface area contributed by atoms with Gasteiger partial charge in [-0.25, -0.2) is 0 Å². The van der Waals surface area contributed by atoms with Crippen LogP contribution in [0.5, 0.6) is 0 Å². The number of hydrogen-bond acceptors (Lipinski definition) is 3. The Balaban J connectivity index is 1.95. The van der Waals surface area contributed by atoms with Crippen molar-refractivity contribution >= 4 is 0 Å². The van der Waals surface area contributed by atoms with E-state index in [1.807, 2.05) is 0 Å². The third-order valence-corrected chi connectivity index (χ3v) is 4.13. The molecule has 2 atom stereocenters. The molecule has 2 rings (SSSR count). The summed E-state index contributed by atoms with van der Waals surface area (Å²) in [4.78, 5) is 2.55. The highest BCUT2D eigenvalue weighted by Crippen LogP contribution is 2.22. The van der Waals surface area contributed by atoms with Crippen LogP contribution in [0.3, 0.4) is 0 Å². The third-order valence-electron chi connectivity index (χ3n) is 4.13. The second kappa shape index (κ2) is 7.04. The summed E-state index contributed by atoms with van der Waals surface area (Å²) in [6.07, 6.45) is 1.26. The molecule has 0 aliphatic carbocycles. The van der Waals surface area contributed by atoms with Crippen LogP contribution in [0.4, 0.5) is 0 Å². The van der Waals surface area contributed by atoms with Crippen molar-refractivity contribution in [2.24, 2.45) is 5.92 Å². The Kier molecular flexibility index (Phi) is 5.37. The molecule has 1 fully saturated rings. The van der Waals surface area contributed by atoms with Gasteiger partial charge in [0.15, 0.2) is 0 Å². The summed E-state index contributed by atoms with van der Waals surface area (Å²) in [5, 5.41) is 3.46. The maximum Gasteiger partial charge on any atom is 0.0503 e. The van der Waals surface area contributed by atoms with E-state index >= 15 is 0 Å². The number of likely N-dealkylation sites (tertiary alicyclic amines) is 1. The first-order chi connectivity index (χ1) is 9.24. The van der Waals surface area contributed by atoms with Crippen molar-refractivity contribution in [1.82, 2.24) is 10.2 Å². The van der Waals surface area contributed by atoms with Gasteiger partial charge in [-0.2, -0.15) is 0 Å². The topological polar surface area (TPSA) is 24.5 Å². The molecular weight excluding hydrogens is 236 g/mol. The minimum atomic E-state index is 0.419. The Labute approximate surface area is 116 Å². The van der Waals surface area contributed by atoms with E-state index in [1.54, 1.807) is 7.11 Å². The van der Waals surface area contributed by atoms with Gasteiger partial charge in [0.2, 0.25) is 0 Å². The first-order valence-corrected chi connectivity index (χ1v) is 7.18. The molecule has 0 saturated carbocycles. The van der Waals surface area contributed by atoms with E-state index in [0.29, 0.717) is 12.0 Å². The molecule has 0 radical (unpaired) electrons. The van der Waals surface area contributed by atoms with Crippen LogP contribution >= 0.6 is 0 Å². The molecule has 106 valence electrons. The first-order valence-electron chi connectivity index (χ1n) is 7.18. The number of methoxy groups -OCH3 is 1. The lowest BCUT2D eigenvalue weighted by atomic mass is 10.0. The van der Waals surface area contributed by atoms with Crippen LogP contribution in [-0.4, -0.2) is 45.3 Å². The number of hydrogen-bond donors (Lipinski definition) is 1. The molecule has 0 spiro atoms. The second-order valence-corrected chi connectivity index (χ2v) is 5.57. The number of nitrogens with one attached hydrogen (secondary N) is 1. The largest absolute Gasteiger partial charge is 0.384 e. The van der Waals surface area contributed by atoms with Crippen molar-refractivity contribution in [3.8, 4) is 0 Å². The van der Waals surface area contributed by atoms with Crippen LogP contribution in [0.25, 0.3) is 0 Å². The van der Waals surface area contributed by atoms with Gasteiger partial charge in [-0.1, -0.05) is 24.3 Å². The lowest BCUT2D eigenvalue weighted by molar-refractivity contribution is 0.152. The third kappa shape index (κ3) is 3.78. The fourth-order valence-corrected chi connectivity index (χ4v) is 3.03. The van der Waals surface area contributed by atoms with E-state index in [0.717, 1.165) is 19.7 Å². The van der Waals surface area contributed by atoms with Gasteiger partial charge in [-0.15, -0.1) is 0 Å². The lowest BCUT2D eigenvalue weighted by Crippen LogP contribution is -2.33. The molecule has 1 aliphatic heterocycles. The Morgan fingerprint density at radius 2 is 2.21 bits per heavy atom. The summed E-state index contributed by atoms with van der Waals surface area (Å²) in [5.41, 5.74) is 2.79. The summed E-state index contributed by atoms with van der Waals surface area (Å²) >= 11 is 0. The predicted molar refractivity (Wildman–Crippen MR) is 79.4 cm³/mol. The molecular formula is C16H26N2O. The van der Waals surface area contributed by atoms with Gasteiger partial charge in [0.1, 0.15) is 0 Å². The number of likely N-dealkylation sites (N-methyl/N-ethyl adjacent to an activating group) is 1. The average molecular weight is 262 g/mol. The molecule has 3 heteroatoms. The molecule has 19 heavy (non-hydrogen) atoms. The van der Waals surface area contributed by atoms with Crippen LogP contribution in [0, 0.1) is 12.8 Å². The lowest BCUT2D eigenvalue weighted by Gasteiger charge is -2.25. The van der Waals surface area contributed by atoms with Gasteiger partial charge in [0.05, 0.1) is 6.61 Å². The molecule has 1 aromatic rings. The highest BCUT2D eigenvalue weighted by atomic mass is 16.5. The average Bonchev–Trinajstić information content (AvgIpc) is 2.85. The minimum absolute atomic E-state index is 0.419. The van der Waals surface area contributed by atoms with Crippen molar-refractivity contribution in [1.29, 1.82) is 0 Å². The Bertz CT molecular complexity index is 394. The molecule has 1 saturated heterocycles. The van der Waals surface area contributed by atoms with E-state index < -0.39 is 0 Å². The number of ether oxygens (including phenoxy) is 1. The number of nitrogens with zero attached hydrogens (tertiary/aromatic N) is 1. The van der Waals surface area contributed by atoms with Crippen LogP contribution in [-0.2, 0) is 4.74 Å². The zero-order valence-electron chi connectivity index (χ0n) is 12.4. The van der Waals surface area contributed by atoms with Crippen LogP contribution < -0.4 is 5.32 Å². The van der Waals surface area contributed by atoms with Crippen LogP contribution in [0.2, 0.25) is 0 Å². The van der Waals surface area contributed by atoms with E-state index in [2.05, 4.69) is 48.5 Å².